The fourth-order valence-corrected chi connectivity index (χ4v) is 7.16. The molecule has 0 atom stereocenters. The molecular formula is C20H26N2O4S3. The number of aryl methyl sites for hydroxylation is 1. The van der Waals surface area contributed by atoms with Crippen molar-refractivity contribution in [1.29, 1.82) is 0 Å². The van der Waals surface area contributed by atoms with Crippen LogP contribution in [0.3, 0.4) is 0 Å². The van der Waals surface area contributed by atoms with Crippen LogP contribution in [0.15, 0.2) is 50.2 Å². The molecule has 0 aliphatic heterocycles. The van der Waals surface area contributed by atoms with Gasteiger partial charge in [-0.15, -0.1) is 0 Å². The molecule has 9 heteroatoms. The number of rotatable bonds is 8. The molecule has 0 unspecified atom stereocenters. The van der Waals surface area contributed by atoms with E-state index in [2.05, 4.69) is 16.4 Å². The second-order valence-corrected chi connectivity index (χ2v) is 12.4. The van der Waals surface area contributed by atoms with Crippen LogP contribution >= 0.6 is 11.3 Å². The SMILES string of the molecule is CCS(=O)(=O)c1nc(S(=O)(=O)c2ccc(C)cc2)c(NCCC2=CCCCC2)s1. The largest absolute Gasteiger partial charge is 0.374 e. The zero-order valence-electron chi connectivity index (χ0n) is 16.6. The molecule has 1 aliphatic carbocycles. The van der Waals surface area contributed by atoms with Gasteiger partial charge in [-0.2, -0.15) is 0 Å². The number of allylic oxidation sites excluding steroid dienone is 1. The fourth-order valence-electron chi connectivity index (χ4n) is 3.14. The molecular weight excluding hydrogens is 428 g/mol. The highest BCUT2D eigenvalue weighted by Crippen LogP contribution is 2.35. The maximum absolute atomic E-state index is 13.2. The van der Waals surface area contributed by atoms with Crippen LogP contribution in [0.1, 0.15) is 44.6 Å². The van der Waals surface area contributed by atoms with E-state index in [4.69, 9.17) is 0 Å². The zero-order chi connectivity index (χ0) is 21.1. The summed E-state index contributed by atoms with van der Waals surface area (Å²) in [6, 6.07) is 6.47. The van der Waals surface area contributed by atoms with E-state index in [0.717, 1.165) is 36.2 Å². The average Bonchev–Trinajstić information content (AvgIpc) is 3.15. The highest BCUT2D eigenvalue weighted by atomic mass is 32.2. The molecule has 0 amide bonds. The third-order valence-corrected chi connectivity index (χ3v) is 9.95. The van der Waals surface area contributed by atoms with Gasteiger partial charge in [-0.1, -0.05) is 47.6 Å². The van der Waals surface area contributed by atoms with E-state index in [1.54, 1.807) is 12.1 Å². The lowest BCUT2D eigenvalue weighted by molar-refractivity contribution is 0.590. The molecule has 0 fully saturated rings. The van der Waals surface area contributed by atoms with Gasteiger partial charge < -0.3 is 5.32 Å². The van der Waals surface area contributed by atoms with Gasteiger partial charge in [0.25, 0.3) is 0 Å². The maximum Gasteiger partial charge on any atom is 0.226 e. The quantitative estimate of drug-likeness (QED) is 0.595. The van der Waals surface area contributed by atoms with E-state index in [1.807, 2.05) is 6.92 Å². The molecule has 0 radical (unpaired) electrons. The minimum Gasteiger partial charge on any atom is -0.374 e. The minimum atomic E-state index is -3.93. The number of benzene rings is 1. The van der Waals surface area contributed by atoms with E-state index >= 15 is 0 Å². The number of nitrogens with zero attached hydrogens (tertiary/aromatic N) is 1. The van der Waals surface area contributed by atoms with Crippen LogP contribution in [-0.4, -0.2) is 34.1 Å². The molecule has 6 nitrogen and oxygen atoms in total. The summed E-state index contributed by atoms with van der Waals surface area (Å²) < 4.78 is 50.8. The van der Waals surface area contributed by atoms with Gasteiger partial charge >= 0.3 is 0 Å². The summed E-state index contributed by atoms with van der Waals surface area (Å²) in [5.41, 5.74) is 2.30. The Labute approximate surface area is 176 Å². The predicted molar refractivity (Wildman–Crippen MR) is 116 cm³/mol. The first kappa shape index (κ1) is 22.0. The second-order valence-electron chi connectivity index (χ2n) is 7.12. The molecule has 0 bridgehead atoms. The molecule has 1 aliphatic rings. The number of hydrogen-bond acceptors (Lipinski definition) is 7. The van der Waals surface area contributed by atoms with Gasteiger partial charge in [0.15, 0.2) is 5.03 Å². The number of aromatic nitrogens is 1. The zero-order valence-corrected chi connectivity index (χ0v) is 19.1. The molecule has 0 spiro atoms. The minimum absolute atomic E-state index is 0.104. The standard InChI is InChI=1S/C20H26N2O4S3/c1-3-28(23,24)20-22-19(29(25,26)17-11-9-15(2)10-12-17)18(27-20)21-14-13-16-7-5-4-6-8-16/h7,9-12,21H,3-6,8,13-14H2,1-2H3. The Balaban J connectivity index is 1.93. The van der Waals surface area contributed by atoms with Crippen molar-refractivity contribution in [3.63, 3.8) is 0 Å². The summed E-state index contributed by atoms with van der Waals surface area (Å²) in [5, 5.41) is 3.21. The number of sulfone groups is 2. The van der Waals surface area contributed by atoms with Crippen molar-refractivity contribution in [3.8, 4) is 0 Å². The van der Waals surface area contributed by atoms with Crippen molar-refractivity contribution < 1.29 is 16.8 Å². The van der Waals surface area contributed by atoms with E-state index in [0.29, 0.717) is 6.54 Å². The smallest absolute Gasteiger partial charge is 0.226 e. The van der Waals surface area contributed by atoms with Gasteiger partial charge in [0.2, 0.25) is 24.0 Å². The summed E-state index contributed by atoms with van der Waals surface area (Å²) in [5.74, 6) is -0.128. The van der Waals surface area contributed by atoms with E-state index in [1.165, 1.54) is 37.5 Å². The Morgan fingerprint density at radius 2 is 1.83 bits per heavy atom. The van der Waals surface area contributed by atoms with E-state index < -0.39 is 19.7 Å². The van der Waals surface area contributed by atoms with Crippen molar-refractivity contribution in [1.82, 2.24) is 4.98 Å². The molecule has 1 N–H and O–H groups in total. The van der Waals surface area contributed by atoms with Crippen LogP contribution < -0.4 is 5.32 Å². The van der Waals surface area contributed by atoms with Crippen LogP contribution in [-0.2, 0) is 19.7 Å². The Morgan fingerprint density at radius 3 is 2.45 bits per heavy atom. The van der Waals surface area contributed by atoms with Gasteiger partial charge in [0.05, 0.1) is 10.6 Å². The lowest BCUT2D eigenvalue weighted by Crippen LogP contribution is -2.09. The third kappa shape index (κ3) is 5.07. The van der Waals surface area contributed by atoms with Crippen LogP contribution in [0, 0.1) is 6.92 Å². The summed E-state index contributed by atoms with van der Waals surface area (Å²) >= 11 is 0.894. The number of anilines is 1. The summed E-state index contributed by atoms with van der Waals surface area (Å²) in [4.78, 5) is 4.16. The lowest BCUT2D eigenvalue weighted by Gasteiger charge is -2.13. The third-order valence-electron chi connectivity index (χ3n) is 4.93. The van der Waals surface area contributed by atoms with Gasteiger partial charge in [0, 0.05) is 6.54 Å². The van der Waals surface area contributed by atoms with Crippen molar-refractivity contribution in [2.45, 2.75) is 60.2 Å². The second kappa shape index (κ2) is 8.97. The van der Waals surface area contributed by atoms with Gasteiger partial charge in [-0.3, -0.25) is 0 Å². The van der Waals surface area contributed by atoms with Crippen molar-refractivity contribution >= 4 is 36.0 Å². The summed E-state index contributed by atoms with van der Waals surface area (Å²) in [6.07, 6.45) is 7.59. The van der Waals surface area contributed by atoms with Crippen molar-refractivity contribution in [2.75, 3.05) is 17.6 Å². The Kier molecular flexibility index (Phi) is 6.80. The predicted octanol–water partition coefficient (Wildman–Crippen LogP) is 4.38. The normalized spacial score (nSPS) is 15.2. The van der Waals surface area contributed by atoms with Crippen LogP contribution in [0.2, 0.25) is 0 Å². The summed E-state index contributed by atoms with van der Waals surface area (Å²) in [7, 11) is -7.53. The van der Waals surface area contributed by atoms with Crippen LogP contribution in [0.4, 0.5) is 5.00 Å². The van der Waals surface area contributed by atoms with Crippen LogP contribution in [0.25, 0.3) is 0 Å². The number of nitrogens with one attached hydrogen (secondary N) is 1. The summed E-state index contributed by atoms with van der Waals surface area (Å²) in [6.45, 7) is 3.93. The van der Waals surface area contributed by atoms with E-state index in [-0.39, 0.29) is 25.0 Å². The molecule has 1 aromatic carbocycles. The Hall–Kier alpha value is -1.71. The van der Waals surface area contributed by atoms with Gasteiger partial charge in [0.1, 0.15) is 5.00 Å². The molecule has 0 saturated carbocycles. The molecule has 1 aromatic heterocycles. The van der Waals surface area contributed by atoms with Crippen LogP contribution in [0.5, 0.6) is 0 Å². The molecule has 3 rings (SSSR count). The van der Waals surface area contributed by atoms with Crippen molar-refractivity contribution in [3.05, 3.63) is 41.5 Å². The molecule has 0 saturated heterocycles. The Bertz CT molecular complexity index is 1100. The Morgan fingerprint density at radius 1 is 1.10 bits per heavy atom. The average molecular weight is 455 g/mol. The monoisotopic (exact) mass is 454 g/mol. The highest BCUT2D eigenvalue weighted by Gasteiger charge is 2.29. The van der Waals surface area contributed by atoms with E-state index in [9.17, 15) is 16.8 Å². The first-order valence-corrected chi connectivity index (χ1v) is 13.7. The number of thiazole rings is 1. The fraction of sp³-hybridized carbons (Fsp3) is 0.450. The lowest BCUT2D eigenvalue weighted by atomic mass is 9.97. The number of hydrogen-bond donors (Lipinski definition) is 1. The molecule has 29 heavy (non-hydrogen) atoms. The highest BCUT2D eigenvalue weighted by molar-refractivity contribution is 7.94. The van der Waals surface area contributed by atoms with Gasteiger partial charge in [-0.05, 0) is 51.2 Å². The first-order chi connectivity index (χ1) is 13.7. The molecule has 158 valence electrons. The van der Waals surface area contributed by atoms with Crippen molar-refractivity contribution in [2.24, 2.45) is 0 Å². The molecule has 1 heterocycles. The molecule has 2 aromatic rings. The maximum atomic E-state index is 13.2. The van der Waals surface area contributed by atoms with Gasteiger partial charge in [-0.25, -0.2) is 21.8 Å². The topological polar surface area (TPSA) is 93.2 Å². The first-order valence-electron chi connectivity index (χ1n) is 9.71.